The number of likely N-dealkylation sites (tertiary alicyclic amines) is 1. The summed E-state index contributed by atoms with van der Waals surface area (Å²) in [7, 11) is 0. The van der Waals surface area contributed by atoms with Gasteiger partial charge in [0.15, 0.2) is 0 Å². The van der Waals surface area contributed by atoms with Crippen molar-refractivity contribution in [3.8, 4) is 0 Å². The zero-order valence-electron chi connectivity index (χ0n) is 15.8. The summed E-state index contributed by atoms with van der Waals surface area (Å²) in [5, 5.41) is 8.40. The summed E-state index contributed by atoms with van der Waals surface area (Å²) >= 11 is 0. The molecular weight excluding hydrogens is 352 g/mol. The summed E-state index contributed by atoms with van der Waals surface area (Å²) in [6.07, 6.45) is 4.13. The highest BCUT2D eigenvalue weighted by atomic mass is 16.2. The van der Waals surface area contributed by atoms with Crippen molar-refractivity contribution in [3.05, 3.63) is 76.2 Å². The minimum atomic E-state index is -0.248. The number of carbonyl (C=O) groups excluding carboxylic acids is 1. The Morgan fingerprint density at radius 2 is 1.71 bits per heavy atom. The van der Waals surface area contributed by atoms with Crippen LogP contribution in [0, 0.1) is 0 Å². The second-order valence-electron chi connectivity index (χ2n) is 7.22. The predicted molar refractivity (Wildman–Crippen MR) is 109 cm³/mol. The largest absolute Gasteiger partial charge is 0.350 e. The second kappa shape index (κ2) is 8.35. The molecule has 1 aliphatic rings. The van der Waals surface area contributed by atoms with Crippen LogP contribution in [0.1, 0.15) is 24.0 Å². The molecule has 3 aromatic rings. The number of aromatic nitrogens is 2. The van der Waals surface area contributed by atoms with Crippen LogP contribution in [0.15, 0.2) is 59.5 Å². The molecule has 1 fully saturated rings. The van der Waals surface area contributed by atoms with Crippen molar-refractivity contribution in [2.24, 2.45) is 0 Å². The molecule has 0 atom stereocenters. The van der Waals surface area contributed by atoms with Gasteiger partial charge in [-0.2, -0.15) is 5.10 Å². The molecule has 1 N–H and O–H groups in total. The number of carbonyl (C=O) groups is 1. The Hall–Kier alpha value is -2.99. The van der Waals surface area contributed by atoms with Gasteiger partial charge in [0.25, 0.3) is 5.56 Å². The van der Waals surface area contributed by atoms with Gasteiger partial charge in [0.2, 0.25) is 5.91 Å². The van der Waals surface area contributed by atoms with Crippen LogP contribution in [0.3, 0.4) is 0 Å². The van der Waals surface area contributed by atoms with Crippen molar-refractivity contribution in [2.45, 2.75) is 32.5 Å². The Morgan fingerprint density at radius 3 is 2.54 bits per heavy atom. The average molecular weight is 376 g/mol. The fourth-order valence-electron chi connectivity index (χ4n) is 3.69. The normalized spacial score (nSPS) is 14.4. The van der Waals surface area contributed by atoms with E-state index in [1.165, 1.54) is 23.1 Å². The molecule has 4 rings (SSSR count). The third kappa shape index (κ3) is 4.12. The van der Waals surface area contributed by atoms with E-state index in [0.29, 0.717) is 11.9 Å². The van der Waals surface area contributed by atoms with E-state index in [-0.39, 0.29) is 18.0 Å². The molecular formula is C22H24N4O2. The minimum absolute atomic E-state index is 0.0854. The first-order valence-corrected chi connectivity index (χ1v) is 9.71. The van der Waals surface area contributed by atoms with Crippen molar-refractivity contribution < 1.29 is 4.79 Å². The molecule has 0 saturated carbocycles. The number of hydrogen-bond donors (Lipinski definition) is 1. The molecule has 2 heterocycles. The van der Waals surface area contributed by atoms with Gasteiger partial charge in [-0.3, -0.25) is 14.5 Å². The number of nitrogens with one attached hydrogen (secondary N) is 1. The maximum atomic E-state index is 12.5. The van der Waals surface area contributed by atoms with E-state index in [1.807, 2.05) is 36.4 Å². The molecule has 144 valence electrons. The van der Waals surface area contributed by atoms with Gasteiger partial charge in [0.05, 0.1) is 11.6 Å². The third-order valence-corrected chi connectivity index (χ3v) is 5.24. The van der Waals surface area contributed by atoms with Crippen molar-refractivity contribution in [2.75, 3.05) is 13.1 Å². The first kappa shape index (κ1) is 18.4. The molecule has 0 unspecified atom stereocenters. The Kier molecular flexibility index (Phi) is 5.48. The molecule has 1 aliphatic heterocycles. The van der Waals surface area contributed by atoms with Gasteiger partial charge >= 0.3 is 0 Å². The summed E-state index contributed by atoms with van der Waals surface area (Å²) in [5.74, 6) is -0.221. The number of fused-ring (bicyclic) bond motifs is 1. The quantitative estimate of drug-likeness (QED) is 0.717. The first-order chi connectivity index (χ1) is 13.7. The van der Waals surface area contributed by atoms with Gasteiger partial charge in [-0.1, -0.05) is 42.5 Å². The summed E-state index contributed by atoms with van der Waals surface area (Å²) in [4.78, 5) is 27.4. The molecule has 2 aromatic carbocycles. The molecule has 0 spiro atoms. The standard InChI is InChI=1S/C22H24N4O2/c27-21(16-26-22(28)20-10-4-3-8-18(20)14-24-26)23-13-17-7-1-2-9-19(17)15-25-11-5-6-12-25/h1-4,7-10,14H,5-6,11-13,15-16H2,(H,23,27). The van der Waals surface area contributed by atoms with Gasteiger partial charge in [0.1, 0.15) is 6.54 Å². The molecule has 0 radical (unpaired) electrons. The van der Waals surface area contributed by atoms with Crippen molar-refractivity contribution in [1.29, 1.82) is 0 Å². The third-order valence-electron chi connectivity index (χ3n) is 5.24. The number of benzene rings is 2. The lowest BCUT2D eigenvalue weighted by molar-refractivity contribution is -0.122. The van der Waals surface area contributed by atoms with Gasteiger partial charge in [-0.05, 0) is 43.1 Å². The van der Waals surface area contributed by atoms with E-state index in [2.05, 4.69) is 21.4 Å². The maximum absolute atomic E-state index is 12.5. The predicted octanol–water partition coefficient (Wildman–Crippen LogP) is 2.31. The van der Waals surface area contributed by atoms with Crippen molar-refractivity contribution in [3.63, 3.8) is 0 Å². The monoisotopic (exact) mass is 376 g/mol. The van der Waals surface area contributed by atoms with Crippen molar-refractivity contribution in [1.82, 2.24) is 20.0 Å². The summed E-state index contributed by atoms with van der Waals surface area (Å²) < 4.78 is 1.22. The SMILES string of the molecule is O=C(Cn1ncc2ccccc2c1=O)NCc1ccccc1CN1CCCC1. The number of nitrogens with zero attached hydrogens (tertiary/aromatic N) is 3. The lowest BCUT2D eigenvalue weighted by atomic mass is 10.1. The van der Waals surface area contributed by atoms with E-state index >= 15 is 0 Å². The molecule has 0 aliphatic carbocycles. The van der Waals surface area contributed by atoms with Crippen LogP contribution in [0.25, 0.3) is 10.8 Å². The van der Waals surface area contributed by atoms with Crippen LogP contribution in [-0.4, -0.2) is 33.7 Å². The molecule has 0 bridgehead atoms. The van der Waals surface area contributed by atoms with Crippen LogP contribution in [-0.2, 0) is 24.4 Å². The van der Waals surface area contributed by atoms with E-state index in [0.717, 1.165) is 30.6 Å². The zero-order valence-corrected chi connectivity index (χ0v) is 15.8. The molecule has 6 nitrogen and oxygen atoms in total. The van der Waals surface area contributed by atoms with Crippen LogP contribution in [0.5, 0.6) is 0 Å². The number of hydrogen-bond acceptors (Lipinski definition) is 4. The van der Waals surface area contributed by atoms with Gasteiger partial charge in [-0.25, -0.2) is 4.68 Å². The van der Waals surface area contributed by atoms with Crippen molar-refractivity contribution >= 4 is 16.7 Å². The Balaban J connectivity index is 1.41. The van der Waals surface area contributed by atoms with E-state index in [4.69, 9.17) is 0 Å². The average Bonchev–Trinajstić information content (AvgIpc) is 3.23. The lowest BCUT2D eigenvalue weighted by Gasteiger charge is -2.17. The number of amides is 1. The molecule has 28 heavy (non-hydrogen) atoms. The molecule has 1 saturated heterocycles. The molecule has 1 amide bonds. The minimum Gasteiger partial charge on any atom is -0.350 e. The highest BCUT2D eigenvalue weighted by Crippen LogP contribution is 2.16. The van der Waals surface area contributed by atoms with Gasteiger partial charge in [-0.15, -0.1) is 0 Å². The lowest BCUT2D eigenvalue weighted by Crippen LogP contribution is -2.33. The first-order valence-electron chi connectivity index (χ1n) is 9.71. The fourth-order valence-corrected chi connectivity index (χ4v) is 3.69. The highest BCUT2D eigenvalue weighted by molar-refractivity contribution is 5.81. The highest BCUT2D eigenvalue weighted by Gasteiger charge is 2.14. The number of rotatable bonds is 6. The summed E-state index contributed by atoms with van der Waals surface area (Å²) in [6, 6.07) is 15.5. The van der Waals surface area contributed by atoms with E-state index < -0.39 is 0 Å². The smallest absolute Gasteiger partial charge is 0.275 e. The Morgan fingerprint density at radius 1 is 1.00 bits per heavy atom. The Labute approximate surface area is 163 Å². The topological polar surface area (TPSA) is 67.2 Å². The van der Waals surface area contributed by atoms with Gasteiger partial charge < -0.3 is 5.32 Å². The Bertz CT molecular complexity index is 1040. The van der Waals surface area contributed by atoms with Gasteiger partial charge in [0, 0.05) is 18.5 Å². The van der Waals surface area contributed by atoms with Crippen LogP contribution >= 0.6 is 0 Å². The van der Waals surface area contributed by atoms with Crippen LogP contribution < -0.4 is 10.9 Å². The van der Waals surface area contributed by atoms with Crippen LogP contribution in [0.4, 0.5) is 0 Å². The summed E-state index contributed by atoms with van der Waals surface area (Å²) in [5.41, 5.74) is 2.11. The van der Waals surface area contributed by atoms with E-state index in [1.54, 1.807) is 12.3 Å². The molecule has 1 aromatic heterocycles. The molecule has 6 heteroatoms. The second-order valence-corrected chi connectivity index (χ2v) is 7.22. The summed E-state index contributed by atoms with van der Waals surface area (Å²) in [6.45, 7) is 3.55. The maximum Gasteiger partial charge on any atom is 0.275 e. The van der Waals surface area contributed by atoms with E-state index in [9.17, 15) is 9.59 Å². The fraction of sp³-hybridized carbons (Fsp3) is 0.318. The zero-order chi connectivity index (χ0) is 19.3. The van der Waals surface area contributed by atoms with Crippen LogP contribution in [0.2, 0.25) is 0 Å².